The third-order valence-corrected chi connectivity index (χ3v) is 5.18. The Morgan fingerprint density at radius 2 is 1.71 bits per heavy atom. The lowest BCUT2D eigenvalue weighted by Crippen LogP contribution is -2.36. The van der Waals surface area contributed by atoms with Gasteiger partial charge in [-0.15, -0.1) is 0 Å². The van der Waals surface area contributed by atoms with Crippen molar-refractivity contribution in [1.29, 1.82) is 0 Å². The van der Waals surface area contributed by atoms with Gasteiger partial charge in [0.05, 0.1) is 4.91 Å². The molecule has 3 amide bonds. The van der Waals surface area contributed by atoms with Crippen molar-refractivity contribution in [3.05, 3.63) is 82.3 Å². The van der Waals surface area contributed by atoms with E-state index in [-0.39, 0.29) is 6.54 Å². The maximum atomic E-state index is 12.5. The average molecular weight is 392 g/mol. The third-order valence-electron chi connectivity index (χ3n) is 4.26. The molecule has 2 aromatic rings. The second kappa shape index (κ2) is 8.71. The molecule has 5 nitrogen and oxygen atoms in total. The highest BCUT2D eigenvalue weighted by molar-refractivity contribution is 8.18. The van der Waals surface area contributed by atoms with Crippen LogP contribution < -0.4 is 5.32 Å². The fourth-order valence-electron chi connectivity index (χ4n) is 2.80. The van der Waals surface area contributed by atoms with E-state index < -0.39 is 17.1 Å². The van der Waals surface area contributed by atoms with Gasteiger partial charge in [-0.3, -0.25) is 19.3 Å². The van der Waals surface area contributed by atoms with Crippen molar-refractivity contribution in [3.8, 4) is 0 Å². The maximum Gasteiger partial charge on any atom is 0.294 e. The summed E-state index contributed by atoms with van der Waals surface area (Å²) in [5.74, 6) is -0.856. The van der Waals surface area contributed by atoms with Crippen LogP contribution >= 0.6 is 11.8 Å². The van der Waals surface area contributed by atoms with Crippen LogP contribution in [0.25, 0.3) is 6.08 Å². The van der Waals surface area contributed by atoms with Crippen molar-refractivity contribution in [2.24, 2.45) is 0 Å². The van der Waals surface area contributed by atoms with Crippen LogP contribution in [0.1, 0.15) is 16.7 Å². The molecule has 1 fully saturated rings. The van der Waals surface area contributed by atoms with Crippen molar-refractivity contribution in [2.45, 2.75) is 13.8 Å². The number of hydrogen-bond acceptors (Lipinski definition) is 4. The van der Waals surface area contributed by atoms with Crippen LogP contribution in [-0.4, -0.2) is 28.5 Å². The van der Waals surface area contributed by atoms with Crippen LogP contribution in [0, 0.1) is 13.8 Å². The molecule has 0 spiro atoms. The first kappa shape index (κ1) is 19.6. The number of thioether (sulfide) groups is 1. The van der Waals surface area contributed by atoms with Crippen LogP contribution in [-0.2, 0) is 9.59 Å². The van der Waals surface area contributed by atoms with E-state index >= 15 is 0 Å². The summed E-state index contributed by atoms with van der Waals surface area (Å²) in [5.41, 5.74) is 3.55. The molecule has 0 bridgehead atoms. The maximum absolute atomic E-state index is 12.5. The first-order valence-electron chi connectivity index (χ1n) is 8.79. The fraction of sp³-hybridized carbons (Fsp3) is 0.136. The Bertz CT molecular complexity index is 960. The minimum Gasteiger partial charge on any atom is -0.324 e. The van der Waals surface area contributed by atoms with Gasteiger partial charge in [-0.1, -0.05) is 60.7 Å². The minimum absolute atomic E-state index is 0.303. The molecule has 0 radical (unpaired) electrons. The van der Waals surface area contributed by atoms with E-state index in [4.69, 9.17) is 0 Å². The number of imide groups is 1. The van der Waals surface area contributed by atoms with Crippen molar-refractivity contribution in [3.63, 3.8) is 0 Å². The molecule has 2 aromatic carbocycles. The molecule has 1 saturated heterocycles. The number of amides is 3. The summed E-state index contributed by atoms with van der Waals surface area (Å²) in [4.78, 5) is 38.3. The van der Waals surface area contributed by atoms with Crippen LogP contribution in [0.3, 0.4) is 0 Å². The Labute approximate surface area is 168 Å². The highest BCUT2D eigenvalue weighted by Gasteiger charge is 2.36. The molecule has 0 aromatic heterocycles. The van der Waals surface area contributed by atoms with Gasteiger partial charge in [-0.05, 0) is 48.4 Å². The standard InChI is InChI=1S/C22H20N2O3S/c1-15-8-6-9-16(2)20(15)23-19(25)14-24-21(26)18(28-22(24)27)13-7-12-17-10-4-3-5-11-17/h3-13H,14H2,1-2H3,(H,23,25)/b12-7+,18-13+. The van der Waals surface area contributed by atoms with Gasteiger partial charge in [0.2, 0.25) is 5.91 Å². The van der Waals surface area contributed by atoms with Gasteiger partial charge in [0.15, 0.2) is 0 Å². The number of carbonyl (C=O) groups excluding carboxylic acids is 3. The van der Waals surface area contributed by atoms with Crippen LogP contribution in [0.4, 0.5) is 10.5 Å². The molecule has 1 N–H and O–H groups in total. The van der Waals surface area contributed by atoms with Crippen molar-refractivity contribution >= 4 is 40.6 Å². The Balaban J connectivity index is 1.66. The fourth-order valence-corrected chi connectivity index (χ4v) is 3.59. The SMILES string of the molecule is Cc1cccc(C)c1NC(=O)CN1C(=O)S/C(=C/C=C/c2ccccc2)C1=O. The van der Waals surface area contributed by atoms with E-state index in [0.29, 0.717) is 10.6 Å². The van der Waals surface area contributed by atoms with Crippen molar-refractivity contribution < 1.29 is 14.4 Å². The average Bonchev–Trinajstić information content (AvgIpc) is 2.93. The van der Waals surface area contributed by atoms with Crippen LogP contribution in [0.5, 0.6) is 0 Å². The topological polar surface area (TPSA) is 66.5 Å². The Kier molecular flexibility index (Phi) is 6.11. The van der Waals surface area contributed by atoms with Gasteiger partial charge in [0.25, 0.3) is 11.1 Å². The molecule has 0 aliphatic carbocycles. The monoisotopic (exact) mass is 392 g/mol. The summed E-state index contributed by atoms with van der Waals surface area (Å²) < 4.78 is 0. The number of nitrogens with zero attached hydrogens (tertiary/aromatic N) is 1. The zero-order chi connectivity index (χ0) is 20.1. The summed E-state index contributed by atoms with van der Waals surface area (Å²) >= 11 is 0.839. The summed E-state index contributed by atoms with van der Waals surface area (Å²) in [6, 6.07) is 15.3. The van der Waals surface area contributed by atoms with Gasteiger partial charge in [-0.25, -0.2) is 0 Å². The predicted octanol–water partition coefficient (Wildman–Crippen LogP) is 4.53. The lowest BCUT2D eigenvalue weighted by Gasteiger charge is -2.15. The zero-order valence-electron chi connectivity index (χ0n) is 15.6. The highest BCUT2D eigenvalue weighted by atomic mass is 32.2. The second-order valence-electron chi connectivity index (χ2n) is 6.37. The Hall–Kier alpha value is -3.12. The van der Waals surface area contributed by atoms with Gasteiger partial charge in [-0.2, -0.15) is 0 Å². The second-order valence-corrected chi connectivity index (χ2v) is 7.37. The molecule has 6 heteroatoms. The molecular formula is C22H20N2O3S. The first-order valence-corrected chi connectivity index (χ1v) is 9.60. The number of carbonyl (C=O) groups is 3. The summed E-state index contributed by atoms with van der Waals surface area (Å²) in [6.45, 7) is 3.48. The largest absolute Gasteiger partial charge is 0.324 e. The normalized spacial score (nSPS) is 15.6. The predicted molar refractivity (Wildman–Crippen MR) is 113 cm³/mol. The molecule has 1 aliphatic rings. The number of nitrogens with one attached hydrogen (secondary N) is 1. The molecule has 3 rings (SSSR count). The first-order chi connectivity index (χ1) is 13.5. The number of para-hydroxylation sites is 1. The molecule has 28 heavy (non-hydrogen) atoms. The highest BCUT2D eigenvalue weighted by Crippen LogP contribution is 2.30. The number of rotatable bonds is 5. The molecule has 0 atom stereocenters. The van der Waals surface area contributed by atoms with E-state index in [2.05, 4.69) is 5.32 Å². The van der Waals surface area contributed by atoms with E-state index in [1.165, 1.54) is 0 Å². The van der Waals surface area contributed by atoms with Crippen molar-refractivity contribution in [2.75, 3.05) is 11.9 Å². The van der Waals surface area contributed by atoms with E-state index in [0.717, 1.165) is 33.4 Å². The summed E-state index contributed by atoms with van der Waals surface area (Å²) in [5, 5.41) is 2.35. The lowest BCUT2D eigenvalue weighted by molar-refractivity contribution is -0.127. The van der Waals surface area contributed by atoms with E-state index in [1.807, 2.05) is 68.5 Å². The quantitative estimate of drug-likeness (QED) is 0.759. The smallest absolute Gasteiger partial charge is 0.294 e. The van der Waals surface area contributed by atoms with Crippen LogP contribution in [0.2, 0.25) is 0 Å². The molecule has 0 unspecified atom stereocenters. The van der Waals surface area contributed by atoms with Crippen molar-refractivity contribution in [1.82, 2.24) is 4.90 Å². The van der Waals surface area contributed by atoms with Gasteiger partial charge >= 0.3 is 0 Å². The minimum atomic E-state index is -0.454. The number of benzene rings is 2. The molecule has 0 saturated carbocycles. The van der Waals surface area contributed by atoms with E-state index in [9.17, 15) is 14.4 Å². The number of aryl methyl sites for hydroxylation is 2. The van der Waals surface area contributed by atoms with Gasteiger partial charge < -0.3 is 5.32 Å². The number of hydrogen-bond donors (Lipinski definition) is 1. The lowest BCUT2D eigenvalue weighted by atomic mass is 10.1. The van der Waals surface area contributed by atoms with Gasteiger partial charge in [0, 0.05) is 5.69 Å². The molecule has 1 aliphatic heterocycles. The third kappa shape index (κ3) is 4.58. The summed E-state index contributed by atoms with van der Waals surface area (Å²) in [6.07, 6.45) is 5.17. The Morgan fingerprint density at radius 1 is 1.04 bits per heavy atom. The Morgan fingerprint density at radius 3 is 2.39 bits per heavy atom. The molecular weight excluding hydrogens is 372 g/mol. The van der Waals surface area contributed by atoms with E-state index in [1.54, 1.807) is 12.2 Å². The molecule has 142 valence electrons. The zero-order valence-corrected chi connectivity index (χ0v) is 16.5. The van der Waals surface area contributed by atoms with Crippen LogP contribution in [0.15, 0.2) is 65.6 Å². The molecule has 1 heterocycles. The number of allylic oxidation sites excluding steroid dienone is 2. The summed E-state index contributed by atoms with van der Waals surface area (Å²) in [7, 11) is 0. The number of anilines is 1. The van der Waals surface area contributed by atoms with Gasteiger partial charge in [0.1, 0.15) is 6.54 Å².